The predicted octanol–water partition coefficient (Wildman–Crippen LogP) is 10.8. The number of para-hydroxylation sites is 1. The van der Waals surface area contributed by atoms with Crippen molar-refractivity contribution in [3.63, 3.8) is 0 Å². The van der Waals surface area contributed by atoms with Crippen LogP contribution in [0.2, 0.25) is 0 Å². The zero-order chi connectivity index (χ0) is 28.2. The molecule has 3 saturated carbocycles. The lowest BCUT2D eigenvalue weighted by molar-refractivity contribution is -0.117. The summed E-state index contributed by atoms with van der Waals surface area (Å²) in [4.78, 5) is 13.3. The van der Waals surface area contributed by atoms with Crippen LogP contribution in [0.25, 0.3) is 0 Å². The van der Waals surface area contributed by atoms with Gasteiger partial charge in [-0.05, 0) is 111 Å². The second-order valence-electron chi connectivity index (χ2n) is 14.3. The first-order chi connectivity index (χ1) is 19.4. The summed E-state index contributed by atoms with van der Waals surface area (Å²) in [5, 5.41) is 0.615. The molecule has 222 valence electrons. The van der Waals surface area contributed by atoms with Crippen molar-refractivity contribution in [3.8, 4) is 5.75 Å². The average Bonchev–Trinajstić information content (AvgIpc) is 3.30. The number of ether oxygens (including phenoxy) is 1. The van der Waals surface area contributed by atoms with Gasteiger partial charge < -0.3 is 4.74 Å². The molecule has 5 rings (SSSR count). The van der Waals surface area contributed by atoms with Crippen LogP contribution in [-0.4, -0.2) is 16.5 Å². The maximum Gasteiger partial charge on any atom is 0.229 e. The second kappa shape index (κ2) is 13.4. The van der Waals surface area contributed by atoms with Crippen molar-refractivity contribution in [3.05, 3.63) is 42.0 Å². The van der Waals surface area contributed by atoms with Gasteiger partial charge in [-0.1, -0.05) is 108 Å². The number of carbonyl (C=O) groups is 1. The normalized spacial score (nSPS) is 35.7. The number of unbranched alkanes of at least 4 members (excludes halogenated alkanes) is 5. The Bertz CT molecular complexity index is 1000. The van der Waals surface area contributed by atoms with Gasteiger partial charge in [-0.2, -0.15) is 0 Å². The van der Waals surface area contributed by atoms with Gasteiger partial charge in [-0.3, -0.25) is 4.79 Å². The third-order valence-corrected chi connectivity index (χ3v) is 13.3. The molecule has 4 aliphatic carbocycles. The van der Waals surface area contributed by atoms with E-state index in [-0.39, 0.29) is 11.2 Å². The summed E-state index contributed by atoms with van der Waals surface area (Å²) < 4.78 is 6.08. The van der Waals surface area contributed by atoms with Crippen LogP contribution in [0.4, 0.5) is 0 Å². The van der Waals surface area contributed by atoms with E-state index in [1.807, 2.05) is 30.3 Å². The number of carbonyl (C=O) groups excluding carboxylic acids is 1. The van der Waals surface area contributed by atoms with E-state index in [2.05, 4.69) is 33.8 Å². The number of rotatable bonds is 12. The topological polar surface area (TPSA) is 26.3 Å². The Morgan fingerprint density at radius 2 is 1.73 bits per heavy atom. The number of thioether (sulfide) groups is 1. The van der Waals surface area contributed by atoms with Gasteiger partial charge in [0.1, 0.15) is 5.75 Å². The van der Waals surface area contributed by atoms with Crippen molar-refractivity contribution in [1.82, 2.24) is 0 Å². The van der Waals surface area contributed by atoms with Crippen LogP contribution in [-0.2, 0) is 4.79 Å². The van der Waals surface area contributed by atoms with E-state index in [0.717, 1.165) is 48.7 Å². The Kier molecular flexibility index (Phi) is 10.1. The Hall–Kier alpha value is -1.22. The van der Waals surface area contributed by atoms with E-state index in [1.54, 1.807) is 17.3 Å². The number of fused-ring (bicyclic) bond motifs is 5. The molecule has 0 spiro atoms. The summed E-state index contributed by atoms with van der Waals surface area (Å²) in [5.41, 5.74) is 2.62. The molecule has 2 nitrogen and oxygen atoms in total. The van der Waals surface area contributed by atoms with Gasteiger partial charge >= 0.3 is 0 Å². The molecule has 3 fully saturated rings. The van der Waals surface area contributed by atoms with Crippen molar-refractivity contribution in [2.45, 2.75) is 142 Å². The van der Waals surface area contributed by atoms with Gasteiger partial charge in [0.25, 0.3) is 0 Å². The number of hydrogen-bond acceptors (Lipinski definition) is 3. The Morgan fingerprint density at radius 3 is 2.50 bits per heavy atom. The monoisotopic (exact) mass is 564 g/mol. The van der Waals surface area contributed by atoms with Crippen LogP contribution < -0.4 is 4.74 Å². The van der Waals surface area contributed by atoms with Crippen molar-refractivity contribution in [2.75, 3.05) is 0 Å². The summed E-state index contributed by atoms with van der Waals surface area (Å²) in [7, 11) is 0. The lowest BCUT2D eigenvalue weighted by atomic mass is 9.47. The summed E-state index contributed by atoms with van der Waals surface area (Å²) in [6.45, 7) is 9.69. The Morgan fingerprint density at radius 1 is 0.950 bits per heavy atom. The molecule has 0 saturated heterocycles. The predicted molar refractivity (Wildman–Crippen MR) is 171 cm³/mol. The molecule has 0 heterocycles. The molecule has 0 radical (unpaired) electrons. The van der Waals surface area contributed by atoms with Crippen molar-refractivity contribution in [2.24, 2.45) is 34.5 Å². The molecule has 1 aromatic carbocycles. The lowest BCUT2D eigenvalue weighted by Crippen LogP contribution is -2.50. The van der Waals surface area contributed by atoms with Crippen molar-refractivity contribution in [1.29, 1.82) is 0 Å². The minimum Gasteiger partial charge on any atom is -0.482 e. The summed E-state index contributed by atoms with van der Waals surface area (Å²) in [6, 6.07) is 9.83. The number of hydrogen-bond donors (Lipinski definition) is 0. The highest BCUT2D eigenvalue weighted by Crippen LogP contribution is 2.67. The average molecular weight is 565 g/mol. The van der Waals surface area contributed by atoms with E-state index in [0.29, 0.717) is 16.1 Å². The first-order valence-corrected chi connectivity index (χ1v) is 17.9. The van der Waals surface area contributed by atoms with Crippen LogP contribution >= 0.6 is 11.8 Å². The molecule has 0 N–H and O–H groups in total. The van der Waals surface area contributed by atoms with E-state index in [1.165, 1.54) is 83.5 Å². The van der Waals surface area contributed by atoms with E-state index >= 15 is 0 Å². The molecule has 1 aromatic rings. The van der Waals surface area contributed by atoms with Gasteiger partial charge in [-0.25, -0.2) is 0 Å². The molecule has 0 unspecified atom stereocenters. The van der Waals surface area contributed by atoms with E-state index < -0.39 is 0 Å². The molecule has 0 amide bonds. The number of allylic oxidation sites excluding steroid dienone is 2. The lowest BCUT2D eigenvalue weighted by Gasteiger charge is -2.58. The smallest absolute Gasteiger partial charge is 0.229 e. The van der Waals surface area contributed by atoms with Gasteiger partial charge in [0.2, 0.25) is 5.12 Å². The van der Waals surface area contributed by atoms with Crippen LogP contribution in [0, 0.1) is 34.5 Å². The molecular weight excluding hydrogens is 508 g/mol. The second-order valence-corrected chi connectivity index (χ2v) is 15.6. The fourth-order valence-corrected chi connectivity index (χ4v) is 10.9. The fraction of sp³-hybridized carbons (Fsp3) is 0.757. The van der Waals surface area contributed by atoms with Gasteiger partial charge in [0, 0.05) is 5.25 Å². The minimum absolute atomic E-state index is 0.213. The Balaban J connectivity index is 1.17. The first-order valence-electron chi connectivity index (χ1n) is 17.0. The molecule has 0 bridgehead atoms. The van der Waals surface area contributed by atoms with Crippen LogP contribution in [0.1, 0.15) is 130 Å². The summed E-state index contributed by atoms with van der Waals surface area (Å²) in [6.07, 6.45) is 23.7. The standard InChI is InChI=1S/C37H56O2S/c1-5-7-8-9-10-12-15-27-19-21-32-31-20-18-28-26-30(22-24-37(28,4)33(31)23-25-36(27,32)3)40-35(38)34(6-2)39-29-16-13-11-14-17-29/h11,13-14,16-18,27,30-34H,5-10,12,15,19-26H2,1-4H3/t27-,30+,31-,32-,33-,34+,36-,37+/m1/s1. The summed E-state index contributed by atoms with van der Waals surface area (Å²) in [5.74, 6) is 4.43. The van der Waals surface area contributed by atoms with Gasteiger partial charge in [0.05, 0.1) is 0 Å². The zero-order valence-corrected chi connectivity index (χ0v) is 26.8. The third-order valence-electron chi connectivity index (χ3n) is 12.1. The summed E-state index contributed by atoms with van der Waals surface area (Å²) >= 11 is 1.58. The van der Waals surface area contributed by atoms with Crippen molar-refractivity contribution >= 4 is 16.9 Å². The molecule has 3 heteroatoms. The molecule has 4 aliphatic rings. The largest absolute Gasteiger partial charge is 0.482 e. The van der Waals surface area contributed by atoms with Crippen LogP contribution in [0.5, 0.6) is 5.75 Å². The maximum absolute atomic E-state index is 13.3. The van der Waals surface area contributed by atoms with Crippen LogP contribution in [0.3, 0.4) is 0 Å². The van der Waals surface area contributed by atoms with Crippen molar-refractivity contribution < 1.29 is 9.53 Å². The van der Waals surface area contributed by atoms with E-state index in [9.17, 15) is 4.79 Å². The molecular formula is C37H56O2S. The highest BCUT2D eigenvalue weighted by Gasteiger charge is 2.58. The SMILES string of the molecule is CCCCCCCC[C@@H]1CC[C@@H]2[C@H]3CC=C4C[C@@H](SC(=O)[C@H](CC)Oc5ccccc5)CC[C@]4(C)[C@@H]3CC[C@]12C. The maximum atomic E-state index is 13.3. The molecule has 0 aromatic heterocycles. The van der Waals surface area contributed by atoms with Crippen LogP contribution in [0.15, 0.2) is 42.0 Å². The van der Waals surface area contributed by atoms with Gasteiger partial charge in [0.15, 0.2) is 6.10 Å². The highest BCUT2D eigenvalue weighted by atomic mass is 32.2. The minimum atomic E-state index is -0.354. The quantitative estimate of drug-likeness (QED) is 0.186. The molecule has 8 atom stereocenters. The number of benzene rings is 1. The molecule has 40 heavy (non-hydrogen) atoms. The molecule has 0 aliphatic heterocycles. The zero-order valence-electron chi connectivity index (χ0n) is 26.0. The highest BCUT2D eigenvalue weighted by molar-refractivity contribution is 8.14. The van der Waals surface area contributed by atoms with E-state index in [4.69, 9.17) is 4.74 Å². The fourth-order valence-electron chi connectivity index (χ4n) is 9.68. The first kappa shape index (κ1) is 30.2. The third kappa shape index (κ3) is 6.25. The van der Waals surface area contributed by atoms with Gasteiger partial charge in [-0.15, -0.1) is 0 Å². The Labute approximate surface area is 249 Å².